The van der Waals surface area contributed by atoms with Gasteiger partial charge >= 0.3 is 0 Å². The van der Waals surface area contributed by atoms with Crippen molar-refractivity contribution in [3.05, 3.63) is 0 Å². The first-order chi connectivity index (χ1) is 6.15. The van der Waals surface area contributed by atoms with E-state index >= 15 is 0 Å². The van der Waals surface area contributed by atoms with Gasteiger partial charge in [-0.05, 0) is 6.54 Å². The quantitative estimate of drug-likeness (QED) is 0.516. The van der Waals surface area contributed by atoms with Crippen LogP contribution in [0.25, 0.3) is 0 Å². The van der Waals surface area contributed by atoms with Crippen molar-refractivity contribution in [2.45, 2.75) is 20.8 Å². The highest BCUT2D eigenvalue weighted by Gasteiger charge is 2.18. The molecule has 76 valence electrons. The lowest BCUT2D eigenvalue weighted by Crippen LogP contribution is -2.49. The molecule has 3 nitrogen and oxygen atoms in total. The van der Waals surface area contributed by atoms with Crippen molar-refractivity contribution in [2.24, 2.45) is 5.92 Å². The first-order valence-corrected chi connectivity index (χ1v) is 5.21. The lowest BCUT2D eigenvalue weighted by molar-refractivity contribution is 0.185. The van der Waals surface area contributed by atoms with Crippen LogP contribution in [-0.4, -0.2) is 48.4 Å². The van der Waals surface area contributed by atoms with Crippen molar-refractivity contribution >= 4 is 5.84 Å². The maximum absolute atomic E-state index is 7.87. The molecular formula is C10H21N3. The van der Waals surface area contributed by atoms with E-state index in [1.807, 2.05) is 0 Å². The average Bonchev–Trinajstić information content (AvgIpc) is 2.17. The van der Waals surface area contributed by atoms with Gasteiger partial charge in [0, 0.05) is 32.1 Å². The van der Waals surface area contributed by atoms with Gasteiger partial charge < -0.3 is 9.80 Å². The Bertz CT molecular complexity index is 169. The molecule has 1 aliphatic rings. The maximum atomic E-state index is 7.87. The molecule has 1 fully saturated rings. The summed E-state index contributed by atoms with van der Waals surface area (Å²) in [4.78, 5) is 4.64. The van der Waals surface area contributed by atoms with Crippen molar-refractivity contribution < 1.29 is 0 Å². The zero-order valence-electron chi connectivity index (χ0n) is 9.01. The van der Waals surface area contributed by atoms with Crippen LogP contribution in [0.1, 0.15) is 20.8 Å². The molecule has 1 heterocycles. The molecule has 0 spiro atoms. The molecule has 0 saturated carbocycles. The molecule has 0 bridgehead atoms. The summed E-state index contributed by atoms with van der Waals surface area (Å²) in [6, 6.07) is 0. The molecule has 1 rings (SSSR count). The fourth-order valence-electron chi connectivity index (χ4n) is 1.67. The number of rotatable bonds is 2. The van der Waals surface area contributed by atoms with Gasteiger partial charge in [-0.3, -0.25) is 5.41 Å². The minimum Gasteiger partial charge on any atom is -0.358 e. The molecule has 3 heteroatoms. The molecule has 0 unspecified atom stereocenters. The van der Waals surface area contributed by atoms with Crippen LogP contribution in [0, 0.1) is 11.3 Å². The molecule has 0 aromatic heterocycles. The summed E-state index contributed by atoms with van der Waals surface area (Å²) < 4.78 is 0. The van der Waals surface area contributed by atoms with Crippen LogP contribution in [0.5, 0.6) is 0 Å². The van der Waals surface area contributed by atoms with Crippen LogP contribution in [-0.2, 0) is 0 Å². The second-order valence-electron chi connectivity index (χ2n) is 3.96. The van der Waals surface area contributed by atoms with Gasteiger partial charge in [-0.1, -0.05) is 20.8 Å². The highest BCUT2D eigenvalue weighted by atomic mass is 15.3. The topological polar surface area (TPSA) is 30.3 Å². The minimum atomic E-state index is 0.369. The molecule has 1 N–H and O–H groups in total. The molecule has 0 aromatic rings. The van der Waals surface area contributed by atoms with Gasteiger partial charge in [-0.25, -0.2) is 0 Å². The van der Waals surface area contributed by atoms with E-state index in [1.54, 1.807) is 0 Å². The number of piperazine rings is 1. The molecular weight excluding hydrogens is 162 g/mol. The Hall–Kier alpha value is -0.570. The van der Waals surface area contributed by atoms with Crippen LogP contribution in [0.3, 0.4) is 0 Å². The van der Waals surface area contributed by atoms with Gasteiger partial charge in [0.05, 0.1) is 5.84 Å². The lowest BCUT2D eigenvalue weighted by Gasteiger charge is -2.36. The molecule has 13 heavy (non-hydrogen) atoms. The Kier molecular flexibility index (Phi) is 3.72. The van der Waals surface area contributed by atoms with Gasteiger partial charge in [-0.15, -0.1) is 0 Å². The molecule has 0 atom stereocenters. The van der Waals surface area contributed by atoms with E-state index in [-0.39, 0.29) is 0 Å². The maximum Gasteiger partial charge on any atom is 0.0984 e. The number of nitrogens with zero attached hydrogens (tertiary/aromatic N) is 2. The van der Waals surface area contributed by atoms with Gasteiger partial charge in [0.15, 0.2) is 0 Å². The summed E-state index contributed by atoms with van der Waals surface area (Å²) in [5.41, 5.74) is 0. The number of amidine groups is 1. The Morgan fingerprint density at radius 2 is 1.77 bits per heavy atom. The van der Waals surface area contributed by atoms with Crippen molar-refractivity contribution in [2.75, 3.05) is 32.7 Å². The van der Waals surface area contributed by atoms with Crippen molar-refractivity contribution in [3.63, 3.8) is 0 Å². The van der Waals surface area contributed by atoms with Crippen LogP contribution in [0.2, 0.25) is 0 Å². The average molecular weight is 183 g/mol. The summed E-state index contributed by atoms with van der Waals surface area (Å²) >= 11 is 0. The van der Waals surface area contributed by atoms with Crippen LogP contribution >= 0.6 is 0 Å². The van der Waals surface area contributed by atoms with E-state index in [0.29, 0.717) is 5.92 Å². The fraction of sp³-hybridized carbons (Fsp3) is 0.900. The minimum absolute atomic E-state index is 0.369. The summed E-state index contributed by atoms with van der Waals surface area (Å²) in [7, 11) is 0. The van der Waals surface area contributed by atoms with Crippen molar-refractivity contribution in [1.29, 1.82) is 5.41 Å². The van der Waals surface area contributed by atoms with Crippen LogP contribution < -0.4 is 0 Å². The normalized spacial score (nSPS) is 19.5. The zero-order chi connectivity index (χ0) is 9.84. The molecule has 0 amide bonds. The number of hydrogen-bond donors (Lipinski definition) is 1. The number of likely N-dealkylation sites (N-methyl/N-ethyl adjacent to an activating group) is 1. The highest BCUT2D eigenvalue weighted by Crippen LogP contribution is 2.06. The summed E-state index contributed by atoms with van der Waals surface area (Å²) in [5, 5.41) is 7.87. The smallest absolute Gasteiger partial charge is 0.0984 e. The lowest BCUT2D eigenvalue weighted by atomic mass is 10.1. The largest absolute Gasteiger partial charge is 0.358 e. The summed E-state index contributed by atoms with van der Waals surface area (Å²) in [5.74, 6) is 1.17. The second-order valence-corrected chi connectivity index (χ2v) is 3.96. The summed E-state index contributed by atoms with van der Waals surface area (Å²) in [6.45, 7) is 11.8. The monoisotopic (exact) mass is 183 g/mol. The molecule has 0 aliphatic carbocycles. The Balaban J connectivity index is 2.36. The third kappa shape index (κ3) is 2.69. The standard InChI is InChI=1S/C10H21N3/c1-4-12-5-7-13(8-6-12)10(11)9(2)3/h9,11H,4-8H2,1-3H3. The van der Waals surface area contributed by atoms with Gasteiger partial charge in [0.25, 0.3) is 0 Å². The zero-order valence-corrected chi connectivity index (χ0v) is 9.01. The Morgan fingerprint density at radius 3 is 2.15 bits per heavy atom. The molecule has 1 aliphatic heterocycles. The predicted molar refractivity (Wildman–Crippen MR) is 56.3 cm³/mol. The van der Waals surface area contributed by atoms with Gasteiger partial charge in [0.1, 0.15) is 0 Å². The Morgan fingerprint density at radius 1 is 1.23 bits per heavy atom. The molecule has 0 radical (unpaired) electrons. The van der Waals surface area contributed by atoms with Crippen molar-refractivity contribution in [3.8, 4) is 0 Å². The van der Waals surface area contributed by atoms with E-state index in [1.165, 1.54) is 0 Å². The number of nitrogens with one attached hydrogen (secondary N) is 1. The van der Waals surface area contributed by atoms with E-state index < -0.39 is 0 Å². The van der Waals surface area contributed by atoms with E-state index in [9.17, 15) is 0 Å². The van der Waals surface area contributed by atoms with E-state index in [0.717, 1.165) is 38.6 Å². The van der Waals surface area contributed by atoms with Crippen molar-refractivity contribution in [1.82, 2.24) is 9.80 Å². The second kappa shape index (κ2) is 4.61. The van der Waals surface area contributed by atoms with E-state index in [4.69, 9.17) is 5.41 Å². The Labute approximate surface area is 81.2 Å². The SMILES string of the molecule is CCN1CCN(C(=N)C(C)C)CC1. The van der Waals surface area contributed by atoms with Crippen LogP contribution in [0.4, 0.5) is 0 Å². The van der Waals surface area contributed by atoms with Gasteiger partial charge in [-0.2, -0.15) is 0 Å². The number of hydrogen-bond acceptors (Lipinski definition) is 2. The highest BCUT2D eigenvalue weighted by molar-refractivity contribution is 5.81. The first kappa shape index (κ1) is 10.5. The van der Waals surface area contributed by atoms with Gasteiger partial charge in [0.2, 0.25) is 0 Å². The molecule has 0 aromatic carbocycles. The third-order valence-electron chi connectivity index (χ3n) is 2.71. The van der Waals surface area contributed by atoms with E-state index in [2.05, 4.69) is 30.6 Å². The van der Waals surface area contributed by atoms with Crippen LogP contribution in [0.15, 0.2) is 0 Å². The third-order valence-corrected chi connectivity index (χ3v) is 2.71. The molecule has 1 saturated heterocycles. The fourth-order valence-corrected chi connectivity index (χ4v) is 1.67. The summed E-state index contributed by atoms with van der Waals surface area (Å²) in [6.07, 6.45) is 0. The predicted octanol–water partition coefficient (Wildman–Crippen LogP) is 1.26. The first-order valence-electron chi connectivity index (χ1n) is 5.21.